The Balaban J connectivity index is 2.28. The van der Waals surface area contributed by atoms with Crippen LogP contribution in [0.4, 0.5) is 0 Å². The van der Waals surface area contributed by atoms with Crippen molar-refractivity contribution in [1.82, 2.24) is 19.8 Å². The van der Waals surface area contributed by atoms with Crippen LogP contribution in [0.15, 0.2) is 11.2 Å². The van der Waals surface area contributed by atoms with Gasteiger partial charge in [0.25, 0.3) is 10.0 Å². The predicted octanol–water partition coefficient (Wildman–Crippen LogP) is 0.319. The Hall–Kier alpha value is -0.960. The van der Waals surface area contributed by atoms with Gasteiger partial charge in [-0.3, -0.25) is 5.10 Å². The smallest absolute Gasteiger partial charge is 0.260 e. The second-order valence-electron chi connectivity index (χ2n) is 5.35. The number of nitrogens with one attached hydrogen (secondary N) is 2. The van der Waals surface area contributed by atoms with Crippen molar-refractivity contribution in [1.29, 1.82) is 0 Å². The fraction of sp³-hybridized carbons (Fsp3) is 0.750. The number of nitrogens with zero attached hydrogens (tertiary/aromatic N) is 2. The Bertz CT molecular complexity index is 557. The van der Waals surface area contributed by atoms with Gasteiger partial charge in [-0.05, 0) is 26.8 Å². The third-order valence-corrected chi connectivity index (χ3v) is 5.62. The van der Waals surface area contributed by atoms with Crippen LogP contribution in [0.3, 0.4) is 0 Å². The van der Waals surface area contributed by atoms with Crippen molar-refractivity contribution < 1.29 is 13.2 Å². The zero-order valence-corrected chi connectivity index (χ0v) is 13.0. The van der Waals surface area contributed by atoms with Gasteiger partial charge in [-0.15, -0.1) is 0 Å². The first kappa shape index (κ1) is 15.4. The molecule has 1 atom stereocenters. The van der Waals surface area contributed by atoms with Crippen molar-refractivity contribution >= 4 is 10.0 Å². The zero-order chi connectivity index (χ0) is 14.8. The van der Waals surface area contributed by atoms with E-state index in [0.717, 1.165) is 12.8 Å². The Morgan fingerprint density at radius 2 is 2.35 bits per heavy atom. The Kier molecular flexibility index (Phi) is 4.48. The summed E-state index contributed by atoms with van der Waals surface area (Å²) in [5.74, 6) is 0. The molecule has 1 unspecified atom stereocenters. The molecule has 0 radical (unpaired) electrons. The van der Waals surface area contributed by atoms with Gasteiger partial charge in [0.15, 0.2) is 5.03 Å². The van der Waals surface area contributed by atoms with Crippen LogP contribution in [-0.2, 0) is 21.3 Å². The number of ether oxygens (including phenoxy) is 1. The molecule has 2 rings (SSSR count). The summed E-state index contributed by atoms with van der Waals surface area (Å²) in [5, 5.41) is 9.59. The van der Waals surface area contributed by atoms with Crippen molar-refractivity contribution in [3.05, 3.63) is 11.8 Å². The van der Waals surface area contributed by atoms with Gasteiger partial charge in [-0.25, -0.2) is 8.42 Å². The van der Waals surface area contributed by atoms with Gasteiger partial charge >= 0.3 is 0 Å². The van der Waals surface area contributed by atoms with Gasteiger partial charge in [0.05, 0.1) is 11.8 Å². The van der Waals surface area contributed by atoms with Crippen LogP contribution in [0.2, 0.25) is 0 Å². The number of methoxy groups -OCH3 is 1. The summed E-state index contributed by atoms with van der Waals surface area (Å²) >= 11 is 0. The maximum Gasteiger partial charge on any atom is 0.260 e. The standard InChI is InChI=1S/C12H22N4O3S/c1-12(19-3)5-4-6-16(9-12)20(17,18)11-10(7-13-2)8-14-15-11/h8,13H,4-7,9H2,1-3H3,(H,14,15). The highest BCUT2D eigenvalue weighted by atomic mass is 32.2. The minimum Gasteiger partial charge on any atom is -0.377 e. The summed E-state index contributed by atoms with van der Waals surface area (Å²) in [7, 11) is -0.164. The monoisotopic (exact) mass is 302 g/mol. The molecular weight excluding hydrogens is 280 g/mol. The quantitative estimate of drug-likeness (QED) is 0.818. The van der Waals surface area contributed by atoms with Gasteiger partial charge in [0.1, 0.15) is 0 Å². The number of aromatic nitrogens is 2. The van der Waals surface area contributed by atoms with E-state index in [2.05, 4.69) is 15.5 Å². The number of aromatic amines is 1. The van der Waals surface area contributed by atoms with Crippen molar-refractivity contribution in [2.75, 3.05) is 27.2 Å². The molecule has 1 fully saturated rings. The molecule has 1 aromatic heterocycles. The lowest BCUT2D eigenvalue weighted by Crippen LogP contribution is -2.49. The number of sulfonamides is 1. The zero-order valence-electron chi connectivity index (χ0n) is 12.1. The second-order valence-corrected chi connectivity index (χ2v) is 7.23. The minimum atomic E-state index is -3.56. The molecule has 0 aromatic carbocycles. The number of H-pyrrole nitrogens is 1. The molecule has 1 aromatic rings. The molecule has 0 bridgehead atoms. The van der Waals surface area contributed by atoms with E-state index >= 15 is 0 Å². The van der Waals surface area contributed by atoms with Gasteiger partial charge in [-0.1, -0.05) is 0 Å². The van der Waals surface area contributed by atoms with Gasteiger partial charge < -0.3 is 10.1 Å². The van der Waals surface area contributed by atoms with E-state index in [-0.39, 0.29) is 5.03 Å². The second kappa shape index (κ2) is 5.80. The van der Waals surface area contributed by atoms with Gasteiger partial charge in [-0.2, -0.15) is 9.40 Å². The van der Waals surface area contributed by atoms with Crippen LogP contribution in [0.5, 0.6) is 0 Å². The van der Waals surface area contributed by atoms with Crippen LogP contribution < -0.4 is 5.32 Å². The first-order chi connectivity index (χ1) is 9.43. The number of hydrogen-bond donors (Lipinski definition) is 2. The van der Waals surface area contributed by atoms with E-state index in [9.17, 15) is 8.42 Å². The summed E-state index contributed by atoms with van der Waals surface area (Å²) in [6.07, 6.45) is 3.20. The molecular formula is C12H22N4O3S. The van der Waals surface area contributed by atoms with Crippen LogP contribution in [0, 0.1) is 0 Å². The van der Waals surface area contributed by atoms with Crippen LogP contribution in [0.1, 0.15) is 25.3 Å². The maximum atomic E-state index is 12.7. The Labute approximate surface area is 119 Å². The predicted molar refractivity (Wildman–Crippen MR) is 74.8 cm³/mol. The molecule has 0 spiro atoms. The normalized spacial score (nSPS) is 24.9. The first-order valence-corrected chi connectivity index (χ1v) is 8.09. The topological polar surface area (TPSA) is 87.3 Å². The van der Waals surface area contributed by atoms with E-state index < -0.39 is 15.6 Å². The maximum absolute atomic E-state index is 12.7. The summed E-state index contributed by atoms with van der Waals surface area (Å²) in [6, 6.07) is 0. The fourth-order valence-corrected chi connectivity index (χ4v) is 4.20. The van der Waals surface area contributed by atoms with Crippen molar-refractivity contribution in [2.45, 2.75) is 36.9 Å². The molecule has 1 saturated heterocycles. The van der Waals surface area contributed by atoms with Crippen LogP contribution in [-0.4, -0.2) is 55.8 Å². The lowest BCUT2D eigenvalue weighted by Gasteiger charge is -2.38. The molecule has 0 amide bonds. The summed E-state index contributed by atoms with van der Waals surface area (Å²) in [4.78, 5) is 0. The van der Waals surface area contributed by atoms with E-state index in [0.29, 0.717) is 25.2 Å². The number of rotatable bonds is 5. The number of piperidine rings is 1. The molecule has 7 nitrogen and oxygen atoms in total. The Morgan fingerprint density at radius 3 is 3.00 bits per heavy atom. The van der Waals surface area contributed by atoms with Crippen molar-refractivity contribution in [3.63, 3.8) is 0 Å². The third-order valence-electron chi connectivity index (χ3n) is 3.76. The molecule has 2 N–H and O–H groups in total. The molecule has 8 heteroatoms. The Morgan fingerprint density at radius 1 is 1.60 bits per heavy atom. The average Bonchev–Trinajstić information content (AvgIpc) is 2.88. The lowest BCUT2D eigenvalue weighted by atomic mass is 9.96. The molecule has 2 heterocycles. The highest BCUT2D eigenvalue weighted by Crippen LogP contribution is 2.28. The summed E-state index contributed by atoms with van der Waals surface area (Å²) in [6.45, 7) is 3.28. The molecule has 114 valence electrons. The average molecular weight is 302 g/mol. The first-order valence-electron chi connectivity index (χ1n) is 6.65. The highest BCUT2D eigenvalue weighted by Gasteiger charge is 2.38. The molecule has 0 saturated carbocycles. The van der Waals surface area contributed by atoms with E-state index in [1.54, 1.807) is 20.4 Å². The molecule has 0 aliphatic carbocycles. The minimum absolute atomic E-state index is 0.173. The van der Waals surface area contributed by atoms with Gasteiger partial charge in [0, 0.05) is 32.3 Å². The van der Waals surface area contributed by atoms with Gasteiger partial charge in [0.2, 0.25) is 0 Å². The molecule has 1 aliphatic heterocycles. The van der Waals surface area contributed by atoms with Crippen molar-refractivity contribution in [2.24, 2.45) is 0 Å². The van der Waals surface area contributed by atoms with E-state index in [1.807, 2.05) is 6.92 Å². The SMILES string of the molecule is CNCc1cn[nH]c1S(=O)(=O)N1CCCC(C)(OC)C1. The van der Waals surface area contributed by atoms with E-state index in [4.69, 9.17) is 4.74 Å². The summed E-state index contributed by atoms with van der Waals surface area (Å²) in [5.41, 5.74) is 0.228. The van der Waals surface area contributed by atoms with Crippen LogP contribution in [0.25, 0.3) is 0 Å². The lowest BCUT2D eigenvalue weighted by molar-refractivity contribution is -0.0319. The summed E-state index contributed by atoms with van der Waals surface area (Å²) < 4.78 is 32.4. The number of hydrogen-bond acceptors (Lipinski definition) is 5. The largest absolute Gasteiger partial charge is 0.377 e. The molecule has 20 heavy (non-hydrogen) atoms. The van der Waals surface area contributed by atoms with E-state index in [1.165, 1.54) is 4.31 Å². The van der Waals surface area contributed by atoms with Crippen LogP contribution >= 0.6 is 0 Å². The third kappa shape index (κ3) is 2.88. The molecule has 1 aliphatic rings. The highest BCUT2D eigenvalue weighted by molar-refractivity contribution is 7.89. The fourth-order valence-electron chi connectivity index (χ4n) is 2.50. The van der Waals surface area contributed by atoms with Crippen molar-refractivity contribution in [3.8, 4) is 0 Å².